The van der Waals surface area contributed by atoms with Crippen molar-refractivity contribution in [3.63, 3.8) is 0 Å². The van der Waals surface area contributed by atoms with Crippen molar-refractivity contribution in [2.75, 3.05) is 13.2 Å². The maximum absolute atomic E-state index is 14.2. The molecule has 6 aromatic rings. The number of aromatic nitrogens is 4. The summed E-state index contributed by atoms with van der Waals surface area (Å²) in [7, 11) is 0. The molecule has 7 N–H and O–H groups in total. The van der Waals surface area contributed by atoms with Gasteiger partial charge in [-0.3, -0.25) is 25.1 Å². The number of rotatable bonds is 16. The number of β-amino-alcohol motifs (C(OH)–C–C–N with tert-alkyl or cyclic N) is 1. The van der Waals surface area contributed by atoms with Crippen molar-refractivity contribution in [3.8, 4) is 22.1 Å². The highest BCUT2D eigenvalue weighted by Gasteiger charge is 2.43. The first-order chi connectivity index (χ1) is 31.3. The number of para-hydroxylation sites is 1. The molecule has 2 aliphatic heterocycles. The zero-order valence-electron chi connectivity index (χ0n) is 37.1. The van der Waals surface area contributed by atoms with Gasteiger partial charge in [-0.2, -0.15) is 5.10 Å². The van der Waals surface area contributed by atoms with Gasteiger partial charge in [-0.1, -0.05) is 74.5 Å². The third-order valence-electron chi connectivity index (χ3n) is 12.1. The zero-order chi connectivity index (χ0) is 45.8. The van der Waals surface area contributed by atoms with E-state index in [1.54, 1.807) is 35.7 Å². The van der Waals surface area contributed by atoms with Gasteiger partial charge in [0, 0.05) is 41.9 Å². The quantitative estimate of drug-likeness (QED) is 0.0545. The lowest BCUT2D eigenvalue weighted by Gasteiger charge is -2.29. The predicted octanol–water partition coefficient (Wildman–Crippen LogP) is 6.98. The number of benzene rings is 3. The van der Waals surface area contributed by atoms with Gasteiger partial charge in [-0.15, -0.1) is 11.3 Å². The molecule has 1 fully saturated rings. The number of hydrogen-bond acceptors (Lipinski definition) is 13. The summed E-state index contributed by atoms with van der Waals surface area (Å²) in [5, 5.41) is 32.9. The Kier molecular flexibility index (Phi) is 13.4. The second kappa shape index (κ2) is 19.5. The number of ether oxygens (including phenoxy) is 1. The normalized spacial score (nSPS) is 17.6. The lowest BCUT2D eigenvalue weighted by Crippen LogP contribution is -2.48. The molecule has 0 saturated carbocycles. The SMILES string of the molecule is Cc1ncsc1-c1ccc([C@H](C)NC(=O)[C@@H]2C[C@@H](O)CN2C(=O)[C@H](c2cc(OCCCc3ccc(C(C)n4cc(C5=C(N)NNC(c6ccccc6O)=C5)cn4)cc3)no2)C(C)C)cc1. The maximum atomic E-state index is 14.2. The summed E-state index contributed by atoms with van der Waals surface area (Å²) in [4.78, 5) is 34.8. The largest absolute Gasteiger partial charge is 0.507 e. The van der Waals surface area contributed by atoms with E-state index in [-0.39, 0.29) is 54.4 Å². The highest BCUT2D eigenvalue weighted by Crippen LogP contribution is 2.34. The van der Waals surface area contributed by atoms with Crippen molar-refractivity contribution in [2.45, 2.75) is 84.0 Å². The van der Waals surface area contributed by atoms with Crippen molar-refractivity contribution in [2.24, 2.45) is 11.7 Å². The average Bonchev–Trinajstić information content (AvgIpc) is 4.14. The van der Waals surface area contributed by atoms with Crippen molar-refractivity contribution in [1.82, 2.24) is 41.0 Å². The van der Waals surface area contributed by atoms with E-state index < -0.39 is 18.1 Å². The molecule has 8 rings (SSSR count). The Labute approximate surface area is 382 Å². The smallest absolute Gasteiger partial charge is 0.254 e. The van der Waals surface area contributed by atoms with Crippen molar-refractivity contribution in [3.05, 3.63) is 148 Å². The third kappa shape index (κ3) is 9.93. The van der Waals surface area contributed by atoms with Crippen LogP contribution in [-0.2, 0) is 16.0 Å². The molecule has 1 unspecified atom stereocenters. The van der Waals surface area contributed by atoms with E-state index in [9.17, 15) is 19.8 Å². The number of hydrogen-bond donors (Lipinski definition) is 6. The number of carbonyl (C=O) groups excluding carboxylic acids is 2. The van der Waals surface area contributed by atoms with E-state index in [1.165, 1.54) is 4.90 Å². The molecule has 0 bridgehead atoms. The maximum Gasteiger partial charge on any atom is 0.254 e. The number of thiazole rings is 1. The number of aromatic hydroxyl groups is 1. The lowest BCUT2D eigenvalue weighted by atomic mass is 9.91. The number of amides is 2. The van der Waals surface area contributed by atoms with Crippen LogP contribution in [0.15, 0.2) is 113 Å². The standard InChI is InChI=1S/C49H55N9O6S/c1-28(2)45(49(62)57-26-37(59)21-41(57)48(61)53-29(3)33-16-18-35(19-17-33)46-30(4)51-27-65-46)43-23-44(56-64-43)63-20-8-9-32-12-14-34(15-13-32)31(5)58-25-36(24-52-58)39-22-40(54-55-47(39)50)38-10-6-7-11-42(38)60/h6-7,10-19,22-25,27-29,31,37,41,45,54-55,59-60H,8-9,20-21,26,50H2,1-5H3,(H,53,61)/t29-,31?,37+,41-,45-/m0/s1. The number of carbonyl (C=O) groups is 2. The molecule has 0 aliphatic carbocycles. The minimum absolute atomic E-state index is 0.0436. The number of likely N-dealkylation sites (tertiary alicyclic amines) is 1. The highest BCUT2D eigenvalue weighted by molar-refractivity contribution is 7.13. The Morgan fingerprint density at radius 2 is 1.77 bits per heavy atom. The van der Waals surface area contributed by atoms with Gasteiger partial charge in [0.1, 0.15) is 23.5 Å². The second-order valence-corrected chi connectivity index (χ2v) is 17.9. The molecular weight excluding hydrogens is 843 g/mol. The summed E-state index contributed by atoms with van der Waals surface area (Å²) in [6.45, 7) is 10.2. The highest BCUT2D eigenvalue weighted by atomic mass is 32.1. The fourth-order valence-corrected chi connectivity index (χ4v) is 9.22. The molecule has 0 radical (unpaired) electrons. The van der Waals surface area contributed by atoms with Crippen LogP contribution >= 0.6 is 11.3 Å². The van der Waals surface area contributed by atoms with Gasteiger partial charge in [0.15, 0.2) is 5.76 Å². The first-order valence-electron chi connectivity index (χ1n) is 21.9. The number of aliphatic hydroxyl groups is 1. The van der Waals surface area contributed by atoms with Gasteiger partial charge in [0.05, 0.1) is 52.8 Å². The Hall–Kier alpha value is -6.91. The number of nitrogens with one attached hydrogen (secondary N) is 3. The molecule has 2 amide bonds. The molecule has 16 heteroatoms. The Balaban J connectivity index is 0.828. The summed E-state index contributed by atoms with van der Waals surface area (Å²) in [5.41, 5.74) is 22.3. The van der Waals surface area contributed by atoms with Gasteiger partial charge in [-0.05, 0) is 85.1 Å². The van der Waals surface area contributed by atoms with E-state index in [2.05, 4.69) is 62.6 Å². The third-order valence-corrected chi connectivity index (χ3v) is 13.1. The topological polar surface area (TPSA) is 206 Å². The molecule has 2 aliphatic rings. The number of aliphatic hydroxyl groups excluding tert-OH is 1. The van der Waals surface area contributed by atoms with E-state index in [0.29, 0.717) is 29.4 Å². The van der Waals surface area contributed by atoms with Gasteiger partial charge >= 0.3 is 0 Å². The lowest BCUT2D eigenvalue weighted by molar-refractivity contribution is -0.141. The van der Waals surface area contributed by atoms with Crippen LogP contribution in [0.5, 0.6) is 11.6 Å². The van der Waals surface area contributed by atoms with Crippen LogP contribution in [0.3, 0.4) is 0 Å². The molecule has 5 heterocycles. The summed E-state index contributed by atoms with van der Waals surface area (Å²) >= 11 is 1.59. The minimum Gasteiger partial charge on any atom is -0.507 e. The second-order valence-electron chi connectivity index (χ2n) is 17.0. The number of nitrogens with two attached hydrogens (primary N) is 1. The Morgan fingerprint density at radius 3 is 2.49 bits per heavy atom. The Morgan fingerprint density at radius 1 is 1.02 bits per heavy atom. The monoisotopic (exact) mass is 897 g/mol. The van der Waals surface area contributed by atoms with Crippen LogP contribution in [0, 0.1) is 12.8 Å². The van der Waals surface area contributed by atoms with Crippen LogP contribution in [0.1, 0.15) is 97.8 Å². The van der Waals surface area contributed by atoms with Gasteiger partial charge in [0.2, 0.25) is 11.8 Å². The first kappa shape index (κ1) is 44.7. The first-order valence-corrected chi connectivity index (χ1v) is 22.8. The number of phenols is 1. The van der Waals surface area contributed by atoms with E-state index in [1.807, 2.05) is 86.6 Å². The van der Waals surface area contributed by atoms with Crippen LogP contribution in [0.2, 0.25) is 0 Å². The fraction of sp³-hybridized carbons (Fsp3) is 0.327. The van der Waals surface area contributed by atoms with Crippen LogP contribution in [0.4, 0.5) is 0 Å². The fourth-order valence-electron chi connectivity index (χ4n) is 8.40. The number of allylic oxidation sites excluding steroid dienone is 2. The summed E-state index contributed by atoms with van der Waals surface area (Å²) < 4.78 is 13.6. The Bertz CT molecular complexity index is 2690. The van der Waals surface area contributed by atoms with Crippen molar-refractivity contribution in [1.29, 1.82) is 0 Å². The van der Waals surface area contributed by atoms with E-state index in [0.717, 1.165) is 56.8 Å². The van der Waals surface area contributed by atoms with Crippen LogP contribution in [0.25, 0.3) is 21.7 Å². The number of hydrazine groups is 1. The van der Waals surface area contributed by atoms with Gasteiger partial charge in [-0.25, -0.2) is 4.98 Å². The molecule has 0 spiro atoms. The molecule has 15 nitrogen and oxygen atoms in total. The molecule has 3 aromatic carbocycles. The number of phenolic OH excluding ortho intramolecular Hbond substituents is 1. The molecule has 65 heavy (non-hydrogen) atoms. The molecular formula is C49H55N9O6S. The summed E-state index contributed by atoms with van der Waals surface area (Å²) in [6, 6.07) is 24.0. The van der Waals surface area contributed by atoms with Gasteiger partial charge in [0.25, 0.3) is 5.88 Å². The van der Waals surface area contributed by atoms with Gasteiger partial charge < -0.3 is 35.4 Å². The minimum atomic E-state index is -0.834. The number of nitrogens with zero attached hydrogens (tertiary/aromatic N) is 5. The average molecular weight is 898 g/mol. The summed E-state index contributed by atoms with van der Waals surface area (Å²) in [6.07, 6.45) is 6.44. The summed E-state index contributed by atoms with van der Waals surface area (Å²) in [5.74, 6) is -0.300. The molecule has 5 atom stereocenters. The van der Waals surface area contributed by atoms with E-state index >= 15 is 0 Å². The van der Waals surface area contributed by atoms with Crippen LogP contribution in [-0.4, -0.2) is 72.1 Å². The molecule has 3 aromatic heterocycles. The predicted molar refractivity (Wildman–Crippen MR) is 249 cm³/mol. The van der Waals surface area contributed by atoms with Crippen LogP contribution < -0.4 is 26.6 Å². The van der Waals surface area contributed by atoms with Crippen molar-refractivity contribution >= 4 is 34.4 Å². The zero-order valence-corrected chi connectivity index (χ0v) is 37.9. The number of aryl methyl sites for hydroxylation is 2. The van der Waals surface area contributed by atoms with Crippen molar-refractivity contribution < 1.29 is 29.1 Å². The molecule has 1 saturated heterocycles. The van der Waals surface area contributed by atoms with E-state index in [4.69, 9.17) is 15.0 Å². The molecule has 338 valence electrons.